The monoisotopic (exact) mass is 239 g/mol. The van der Waals surface area contributed by atoms with E-state index < -0.39 is 0 Å². The van der Waals surface area contributed by atoms with Crippen molar-refractivity contribution in [2.75, 3.05) is 5.73 Å². The van der Waals surface area contributed by atoms with Crippen LogP contribution in [0.1, 0.15) is 17.3 Å². The zero-order valence-electron chi connectivity index (χ0n) is 10.00. The van der Waals surface area contributed by atoms with E-state index in [2.05, 4.69) is 10.2 Å². The number of nitrogens with zero attached hydrogens (tertiary/aromatic N) is 2. The van der Waals surface area contributed by atoms with E-state index >= 15 is 0 Å². The molecule has 0 unspecified atom stereocenters. The molecule has 18 heavy (non-hydrogen) atoms. The topological polar surface area (TPSA) is 67.8 Å². The van der Waals surface area contributed by atoms with Gasteiger partial charge in [-0.15, -0.1) is 0 Å². The molecule has 4 heteroatoms. The van der Waals surface area contributed by atoms with E-state index in [0.717, 1.165) is 5.69 Å². The van der Waals surface area contributed by atoms with Gasteiger partial charge in [-0.25, -0.2) is 0 Å². The first kappa shape index (κ1) is 12.0. The highest BCUT2D eigenvalue weighted by molar-refractivity contribution is 5.94. The van der Waals surface area contributed by atoms with Gasteiger partial charge in [-0.3, -0.25) is 4.79 Å². The van der Waals surface area contributed by atoms with Crippen molar-refractivity contribution in [2.24, 2.45) is 10.2 Å². The fourth-order valence-electron chi connectivity index (χ4n) is 1.44. The molecule has 2 N–H and O–H groups in total. The number of carbonyl (C=O) groups is 1. The number of Topliss-reactive ketones (excluding diaryl/α,β-unsaturated/α-hetero) is 1. The minimum atomic E-state index is 0.0135. The number of nitrogen functional groups attached to an aromatic ring is 1. The Kier molecular flexibility index (Phi) is 3.48. The third kappa shape index (κ3) is 3.01. The quantitative estimate of drug-likeness (QED) is 0.501. The van der Waals surface area contributed by atoms with Gasteiger partial charge in [0.1, 0.15) is 0 Å². The van der Waals surface area contributed by atoms with Crippen LogP contribution in [0.3, 0.4) is 0 Å². The summed E-state index contributed by atoms with van der Waals surface area (Å²) >= 11 is 0. The lowest BCUT2D eigenvalue weighted by atomic mass is 10.1. The molecule has 0 amide bonds. The van der Waals surface area contributed by atoms with Crippen LogP contribution in [-0.2, 0) is 0 Å². The Balaban J connectivity index is 2.20. The average Bonchev–Trinajstić information content (AvgIpc) is 2.38. The summed E-state index contributed by atoms with van der Waals surface area (Å²) in [7, 11) is 0. The number of benzene rings is 2. The molecule has 0 saturated heterocycles. The minimum absolute atomic E-state index is 0.0135. The van der Waals surface area contributed by atoms with Crippen LogP contribution in [-0.4, -0.2) is 5.78 Å². The Labute approximate surface area is 105 Å². The summed E-state index contributed by atoms with van der Waals surface area (Å²) in [4.78, 5) is 11.2. The summed E-state index contributed by atoms with van der Waals surface area (Å²) in [6, 6.07) is 14.1. The van der Waals surface area contributed by atoms with Gasteiger partial charge in [0.05, 0.1) is 11.4 Å². The second-order valence-corrected chi connectivity index (χ2v) is 3.90. The Hall–Kier alpha value is -2.49. The molecule has 0 fully saturated rings. The van der Waals surface area contributed by atoms with Gasteiger partial charge in [0.15, 0.2) is 5.78 Å². The molecule has 2 rings (SSSR count). The van der Waals surface area contributed by atoms with Crippen molar-refractivity contribution in [1.29, 1.82) is 0 Å². The van der Waals surface area contributed by atoms with Crippen LogP contribution >= 0.6 is 0 Å². The number of carbonyl (C=O) groups excluding carboxylic acids is 1. The maximum atomic E-state index is 11.2. The van der Waals surface area contributed by atoms with Crippen molar-refractivity contribution in [3.05, 3.63) is 54.1 Å². The summed E-state index contributed by atoms with van der Waals surface area (Å²) in [5.74, 6) is 0.0135. The third-order valence-corrected chi connectivity index (χ3v) is 2.43. The van der Waals surface area contributed by atoms with E-state index in [1.54, 1.807) is 48.5 Å². The zero-order chi connectivity index (χ0) is 13.0. The standard InChI is InChI=1S/C14H13N3O/c1-10(18)11-3-2-4-14(9-11)17-16-13-7-5-12(15)6-8-13/h2-9H,15H2,1H3/b17-16+. The van der Waals surface area contributed by atoms with Crippen molar-refractivity contribution in [1.82, 2.24) is 0 Å². The van der Waals surface area contributed by atoms with Gasteiger partial charge in [-0.2, -0.15) is 10.2 Å². The van der Waals surface area contributed by atoms with Crippen molar-refractivity contribution < 1.29 is 4.79 Å². The molecule has 0 radical (unpaired) electrons. The van der Waals surface area contributed by atoms with Crippen molar-refractivity contribution in [3.8, 4) is 0 Å². The molecule has 0 aliphatic heterocycles. The van der Waals surface area contributed by atoms with Crippen LogP contribution in [0.4, 0.5) is 17.1 Å². The molecule has 0 aliphatic rings. The van der Waals surface area contributed by atoms with E-state index in [4.69, 9.17) is 5.73 Å². The summed E-state index contributed by atoms with van der Waals surface area (Å²) in [6.07, 6.45) is 0. The predicted octanol–water partition coefficient (Wildman–Crippen LogP) is 3.89. The lowest BCUT2D eigenvalue weighted by Gasteiger charge is -1.97. The predicted molar refractivity (Wildman–Crippen MR) is 71.5 cm³/mol. The van der Waals surface area contributed by atoms with Crippen molar-refractivity contribution in [2.45, 2.75) is 6.92 Å². The molecule has 0 atom stereocenters. The van der Waals surface area contributed by atoms with E-state index in [-0.39, 0.29) is 5.78 Å². The zero-order valence-corrected chi connectivity index (χ0v) is 10.00. The minimum Gasteiger partial charge on any atom is -0.399 e. The SMILES string of the molecule is CC(=O)c1cccc(/N=N/c2ccc(N)cc2)c1. The second-order valence-electron chi connectivity index (χ2n) is 3.90. The maximum Gasteiger partial charge on any atom is 0.159 e. The lowest BCUT2D eigenvalue weighted by molar-refractivity contribution is 0.101. The fraction of sp³-hybridized carbons (Fsp3) is 0.0714. The smallest absolute Gasteiger partial charge is 0.159 e. The number of nitrogens with two attached hydrogens (primary N) is 1. The molecule has 0 heterocycles. The van der Waals surface area contributed by atoms with Crippen LogP contribution in [0.25, 0.3) is 0 Å². The molecular weight excluding hydrogens is 226 g/mol. The summed E-state index contributed by atoms with van der Waals surface area (Å²) < 4.78 is 0. The van der Waals surface area contributed by atoms with Gasteiger partial charge in [0.25, 0.3) is 0 Å². The first-order valence-electron chi connectivity index (χ1n) is 5.53. The highest BCUT2D eigenvalue weighted by Crippen LogP contribution is 2.20. The third-order valence-electron chi connectivity index (χ3n) is 2.43. The Morgan fingerprint density at radius 3 is 2.33 bits per heavy atom. The highest BCUT2D eigenvalue weighted by atomic mass is 16.1. The molecule has 90 valence electrons. The van der Waals surface area contributed by atoms with E-state index in [1.165, 1.54) is 6.92 Å². The van der Waals surface area contributed by atoms with Gasteiger partial charge in [0.2, 0.25) is 0 Å². The van der Waals surface area contributed by atoms with Crippen molar-refractivity contribution >= 4 is 22.8 Å². The molecular formula is C14H13N3O. The molecule has 0 aromatic heterocycles. The van der Waals surface area contributed by atoms with E-state index in [1.807, 2.05) is 0 Å². The maximum absolute atomic E-state index is 11.2. The number of anilines is 1. The Bertz CT molecular complexity index is 588. The number of azo groups is 1. The molecule has 0 spiro atoms. The van der Waals surface area contributed by atoms with E-state index in [9.17, 15) is 4.79 Å². The number of hydrogen-bond acceptors (Lipinski definition) is 4. The Morgan fingerprint density at radius 1 is 1.00 bits per heavy atom. The van der Waals surface area contributed by atoms with Gasteiger partial charge < -0.3 is 5.73 Å². The van der Waals surface area contributed by atoms with Crippen LogP contribution in [0.15, 0.2) is 58.8 Å². The molecule has 0 aliphatic carbocycles. The van der Waals surface area contributed by atoms with Gasteiger partial charge in [-0.05, 0) is 43.3 Å². The molecule has 0 saturated carbocycles. The first-order valence-corrected chi connectivity index (χ1v) is 5.53. The van der Waals surface area contributed by atoms with Crippen LogP contribution < -0.4 is 5.73 Å². The second kappa shape index (κ2) is 5.23. The fourth-order valence-corrected chi connectivity index (χ4v) is 1.44. The summed E-state index contributed by atoms with van der Waals surface area (Å²) in [5, 5.41) is 8.16. The van der Waals surface area contributed by atoms with Crippen LogP contribution in [0.5, 0.6) is 0 Å². The van der Waals surface area contributed by atoms with Crippen LogP contribution in [0, 0.1) is 0 Å². The van der Waals surface area contributed by atoms with Crippen molar-refractivity contribution in [3.63, 3.8) is 0 Å². The van der Waals surface area contributed by atoms with Crippen LogP contribution in [0.2, 0.25) is 0 Å². The van der Waals surface area contributed by atoms with E-state index in [0.29, 0.717) is 16.9 Å². The number of hydrogen-bond donors (Lipinski definition) is 1. The molecule has 0 bridgehead atoms. The largest absolute Gasteiger partial charge is 0.399 e. The molecule has 2 aromatic rings. The summed E-state index contributed by atoms with van der Waals surface area (Å²) in [6.45, 7) is 1.52. The average molecular weight is 239 g/mol. The van der Waals surface area contributed by atoms with Gasteiger partial charge in [0, 0.05) is 11.3 Å². The van der Waals surface area contributed by atoms with Gasteiger partial charge in [-0.1, -0.05) is 12.1 Å². The van der Waals surface area contributed by atoms with Gasteiger partial charge >= 0.3 is 0 Å². The normalized spacial score (nSPS) is 10.7. The Morgan fingerprint density at radius 2 is 1.67 bits per heavy atom. The first-order chi connectivity index (χ1) is 8.65. The number of ketones is 1. The summed E-state index contributed by atoms with van der Waals surface area (Å²) in [5.41, 5.74) is 8.27. The highest BCUT2D eigenvalue weighted by Gasteiger charge is 1.99. The number of rotatable bonds is 3. The molecule has 2 aromatic carbocycles. The lowest BCUT2D eigenvalue weighted by Crippen LogP contribution is -1.89. The molecule has 4 nitrogen and oxygen atoms in total.